The number of carboxylic acids is 1. The Morgan fingerprint density at radius 1 is 1.40 bits per heavy atom. The first kappa shape index (κ1) is 12.2. The number of aryl methyl sites for hydroxylation is 1. The number of rotatable bonds is 5. The Balaban J connectivity index is 2.67. The Morgan fingerprint density at radius 3 is 2.47 bits per heavy atom. The molecule has 2 nitrogen and oxygen atoms in total. The van der Waals surface area contributed by atoms with Crippen molar-refractivity contribution in [2.75, 3.05) is 0 Å². The van der Waals surface area contributed by atoms with Gasteiger partial charge in [-0.25, -0.2) is 0 Å². The van der Waals surface area contributed by atoms with Crippen LogP contribution in [0.4, 0.5) is 0 Å². The number of halogens is 1. The molecule has 1 unspecified atom stereocenters. The molecule has 0 saturated carbocycles. The monoisotopic (exact) mass is 270 g/mol. The van der Waals surface area contributed by atoms with Crippen LogP contribution in [0.1, 0.15) is 35.7 Å². The summed E-state index contributed by atoms with van der Waals surface area (Å²) in [5.41, 5.74) is 2.06. The van der Waals surface area contributed by atoms with Gasteiger partial charge in [-0.1, -0.05) is 53.5 Å². The summed E-state index contributed by atoms with van der Waals surface area (Å²) in [5.74, 6) is -0.851. The predicted octanol–water partition coefficient (Wildman–Crippen LogP) is 3.55. The number of hydrogen-bond acceptors (Lipinski definition) is 1. The van der Waals surface area contributed by atoms with Crippen LogP contribution >= 0.6 is 15.9 Å². The number of hydrogen-bond donors (Lipinski definition) is 1. The molecule has 1 N–H and O–H groups in total. The molecule has 1 aromatic carbocycles. The second kappa shape index (κ2) is 5.91. The van der Waals surface area contributed by atoms with E-state index in [1.54, 1.807) is 0 Å². The maximum atomic E-state index is 10.7. The van der Waals surface area contributed by atoms with E-state index >= 15 is 0 Å². The maximum Gasteiger partial charge on any atom is 0.321 e. The Kier molecular flexibility index (Phi) is 4.82. The van der Waals surface area contributed by atoms with E-state index in [1.807, 2.05) is 24.3 Å². The van der Waals surface area contributed by atoms with Crippen molar-refractivity contribution in [1.29, 1.82) is 0 Å². The zero-order valence-electron chi connectivity index (χ0n) is 8.74. The van der Waals surface area contributed by atoms with Gasteiger partial charge in [0.05, 0.1) is 0 Å². The lowest BCUT2D eigenvalue weighted by molar-refractivity contribution is -0.136. The average Bonchev–Trinajstić information content (AvgIpc) is 2.26. The highest BCUT2D eigenvalue weighted by molar-refractivity contribution is 9.09. The topological polar surface area (TPSA) is 37.3 Å². The van der Waals surface area contributed by atoms with Crippen LogP contribution in [0.15, 0.2) is 24.3 Å². The van der Waals surface area contributed by atoms with E-state index < -0.39 is 10.8 Å². The number of carboxylic acid groups (broad SMARTS) is 1. The fraction of sp³-hybridized carbons (Fsp3) is 0.417. The van der Waals surface area contributed by atoms with Crippen LogP contribution < -0.4 is 0 Å². The van der Waals surface area contributed by atoms with Gasteiger partial charge in [-0.05, 0) is 24.0 Å². The van der Waals surface area contributed by atoms with Gasteiger partial charge in [0.1, 0.15) is 4.83 Å². The van der Waals surface area contributed by atoms with Gasteiger partial charge in [0.2, 0.25) is 0 Å². The summed E-state index contributed by atoms with van der Waals surface area (Å²) < 4.78 is 0. The van der Waals surface area contributed by atoms with Crippen LogP contribution in [0.2, 0.25) is 0 Å². The summed E-state index contributed by atoms with van der Waals surface area (Å²) in [6.45, 7) is 2.16. The summed E-state index contributed by atoms with van der Waals surface area (Å²) in [4.78, 5) is 10.1. The zero-order valence-corrected chi connectivity index (χ0v) is 10.3. The minimum atomic E-state index is -0.851. The number of alkyl halides is 1. The summed E-state index contributed by atoms with van der Waals surface area (Å²) in [6.07, 6.45) is 3.42. The quantitative estimate of drug-likeness (QED) is 0.831. The predicted molar refractivity (Wildman–Crippen MR) is 64.4 cm³/mol. The van der Waals surface area contributed by atoms with Gasteiger partial charge in [0.25, 0.3) is 0 Å². The molecule has 3 heteroatoms. The van der Waals surface area contributed by atoms with Crippen molar-refractivity contribution in [1.82, 2.24) is 0 Å². The molecule has 0 spiro atoms. The molecule has 0 aromatic heterocycles. The van der Waals surface area contributed by atoms with Crippen LogP contribution in [0.3, 0.4) is 0 Å². The molecule has 1 rings (SSSR count). The van der Waals surface area contributed by atoms with Crippen LogP contribution in [0.5, 0.6) is 0 Å². The lowest BCUT2D eigenvalue weighted by Gasteiger charge is -2.06. The molecule has 1 atom stereocenters. The molecule has 0 bridgehead atoms. The molecule has 0 radical (unpaired) electrons. The number of aliphatic carboxylic acids is 1. The Bertz CT molecular complexity index is 319. The molecule has 0 aliphatic rings. The molecule has 0 aliphatic heterocycles. The molecule has 15 heavy (non-hydrogen) atoms. The first-order valence-electron chi connectivity index (χ1n) is 5.11. The molecular weight excluding hydrogens is 256 g/mol. The van der Waals surface area contributed by atoms with Gasteiger partial charge in [0, 0.05) is 0 Å². The van der Waals surface area contributed by atoms with E-state index in [0.29, 0.717) is 0 Å². The van der Waals surface area contributed by atoms with Gasteiger partial charge in [-0.15, -0.1) is 0 Å². The van der Waals surface area contributed by atoms with Crippen molar-refractivity contribution in [2.45, 2.75) is 31.0 Å². The van der Waals surface area contributed by atoms with Crippen molar-refractivity contribution in [2.24, 2.45) is 0 Å². The molecule has 0 amide bonds. The van der Waals surface area contributed by atoms with Crippen LogP contribution in [-0.4, -0.2) is 11.1 Å². The van der Waals surface area contributed by atoms with Gasteiger partial charge in [-0.2, -0.15) is 0 Å². The number of carbonyl (C=O) groups is 1. The lowest BCUT2D eigenvalue weighted by atomic mass is 10.1. The summed E-state index contributed by atoms with van der Waals surface area (Å²) in [6, 6.07) is 7.75. The highest BCUT2D eigenvalue weighted by Gasteiger charge is 2.14. The Labute approximate surface area is 98.4 Å². The van der Waals surface area contributed by atoms with Crippen molar-refractivity contribution in [3.63, 3.8) is 0 Å². The van der Waals surface area contributed by atoms with Crippen LogP contribution in [-0.2, 0) is 11.2 Å². The second-order valence-corrected chi connectivity index (χ2v) is 4.46. The number of benzene rings is 1. The molecule has 82 valence electrons. The fourth-order valence-corrected chi connectivity index (χ4v) is 1.68. The summed E-state index contributed by atoms with van der Waals surface area (Å²) in [5, 5.41) is 8.80. The molecule has 0 heterocycles. The number of unbranched alkanes of at least 4 members (excludes halogenated alkanes) is 1. The van der Waals surface area contributed by atoms with Crippen molar-refractivity contribution in [3.8, 4) is 0 Å². The highest BCUT2D eigenvalue weighted by Crippen LogP contribution is 2.23. The second-order valence-electron chi connectivity index (χ2n) is 3.55. The van der Waals surface area contributed by atoms with E-state index in [9.17, 15) is 4.79 Å². The van der Waals surface area contributed by atoms with E-state index in [-0.39, 0.29) is 0 Å². The van der Waals surface area contributed by atoms with Crippen molar-refractivity contribution >= 4 is 21.9 Å². The summed E-state index contributed by atoms with van der Waals surface area (Å²) >= 11 is 3.13. The van der Waals surface area contributed by atoms with Gasteiger partial charge in [0.15, 0.2) is 0 Å². The third-order valence-electron chi connectivity index (χ3n) is 2.31. The molecule has 0 aliphatic carbocycles. The van der Waals surface area contributed by atoms with Crippen molar-refractivity contribution in [3.05, 3.63) is 35.4 Å². The van der Waals surface area contributed by atoms with Crippen LogP contribution in [0.25, 0.3) is 0 Å². The lowest BCUT2D eigenvalue weighted by Crippen LogP contribution is -2.04. The highest BCUT2D eigenvalue weighted by atomic mass is 79.9. The normalized spacial score (nSPS) is 12.4. The SMILES string of the molecule is CCCCc1ccc(C(Br)C(=O)O)cc1. The minimum Gasteiger partial charge on any atom is -0.480 e. The summed E-state index contributed by atoms with van der Waals surface area (Å²) in [7, 11) is 0. The first-order valence-corrected chi connectivity index (χ1v) is 6.02. The zero-order chi connectivity index (χ0) is 11.3. The molecular formula is C12H15BrO2. The van der Waals surface area contributed by atoms with E-state index in [1.165, 1.54) is 18.4 Å². The van der Waals surface area contributed by atoms with Gasteiger partial charge >= 0.3 is 5.97 Å². The van der Waals surface area contributed by atoms with Crippen LogP contribution in [0, 0.1) is 0 Å². The average molecular weight is 271 g/mol. The fourth-order valence-electron chi connectivity index (χ4n) is 1.38. The van der Waals surface area contributed by atoms with Gasteiger partial charge < -0.3 is 5.11 Å². The Hall–Kier alpha value is -0.830. The first-order chi connectivity index (χ1) is 7.15. The van der Waals surface area contributed by atoms with E-state index in [0.717, 1.165) is 12.0 Å². The van der Waals surface area contributed by atoms with E-state index in [2.05, 4.69) is 22.9 Å². The smallest absolute Gasteiger partial charge is 0.321 e. The third-order valence-corrected chi connectivity index (χ3v) is 3.23. The van der Waals surface area contributed by atoms with Gasteiger partial charge in [-0.3, -0.25) is 4.79 Å². The minimum absolute atomic E-state index is 0.599. The van der Waals surface area contributed by atoms with Crippen molar-refractivity contribution < 1.29 is 9.90 Å². The third kappa shape index (κ3) is 3.67. The molecule has 0 saturated heterocycles. The molecule has 0 fully saturated rings. The van der Waals surface area contributed by atoms with E-state index in [4.69, 9.17) is 5.11 Å². The maximum absolute atomic E-state index is 10.7. The molecule has 1 aromatic rings. The Morgan fingerprint density at radius 2 is 2.00 bits per heavy atom. The largest absolute Gasteiger partial charge is 0.480 e. The standard InChI is InChI=1S/C12H15BrO2/c1-2-3-4-9-5-7-10(8-6-9)11(13)12(14)15/h5-8,11H,2-4H2,1H3,(H,14,15).